The van der Waals surface area contributed by atoms with Crippen LogP contribution in [0.25, 0.3) is 11.3 Å². The number of piperazine rings is 1. The number of rotatable bonds is 4. The maximum atomic E-state index is 13.2. The topological polar surface area (TPSA) is 48.1 Å². The van der Waals surface area contributed by atoms with Crippen LogP contribution in [0.3, 0.4) is 0 Å². The Kier molecular flexibility index (Phi) is 6.08. The van der Waals surface area contributed by atoms with Crippen molar-refractivity contribution in [3.05, 3.63) is 66.4 Å². The third kappa shape index (κ3) is 4.12. The summed E-state index contributed by atoms with van der Waals surface area (Å²) in [6.07, 6.45) is 5.65. The smallest absolute Gasteiger partial charge is 0.123 e. The third-order valence-electron chi connectivity index (χ3n) is 5.11. The van der Waals surface area contributed by atoms with Crippen molar-refractivity contribution in [3.8, 4) is 11.3 Å². The van der Waals surface area contributed by atoms with Gasteiger partial charge in [-0.25, -0.2) is 4.39 Å². The van der Waals surface area contributed by atoms with Crippen molar-refractivity contribution in [2.45, 2.75) is 13.0 Å². The van der Waals surface area contributed by atoms with Crippen LogP contribution in [0.15, 0.2) is 55.0 Å². The van der Waals surface area contributed by atoms with Gasteiger partial charge in [-0.05, 0) is 43.3 Å². The molecule has 2 aromatic heterocycles. The summed E-state index contributed by atoms with van der Waals surface area (Å²) in [5, 5.41) is 6.95. The molecule has 1 aliphatic rings. The predicted octanol–water partition coefficient (Wildman–Crippen LogP) is 3.92. The van der Waals surface area contributed by atoms with Crippen LogP contribution in [-0.2, 0) is 0 Å². The molecule has 1 aliphatic heterocycles. The zero-order valence-electron chi connectivity index (χ0n) is 15.2. The fourth-order valence-electron chi connectivity index (χ4n) is 3.53. The van der Waals surface area contributed by atoms with Gasteiger partial charge < -0.3 is 4.90 Å². The second-order valence-electron chi connectivity index (χ2n) is 6.61. The molecule has 1 atom stereocenters. The van der Waals surface area contributed by atoms with Crippen molar-refractivity contribution in [3.63, 3.8) is 0 Å². The molecule has 3 aromatic rings. The van der Waals surface area contributed by atoms with E-state index < -0.39 is 0 Å². The summed E-state index contributed by atoms with van der Waals surface area (Å²) < 4.78 is 13.2. The Hall–Kier alpha value is -2.44. The molecule has 1 aromatic carbocycles. The molecule has 1 fully saturated rings. The summed E-state index contributed by atoms with van der Waals surface area (Å²) in [6, 6.07) is 11.0. The molecular weight excluding hydrogens is 365 g/mol. The zero-order chi connectivity index (χ0) is 17.9. The Balaban J connectivity index is 0.00000210. The highest BCUT2D eigenvalue weighted by atomic mass is 35.5. The van der Waals surface area contributed by atoms with Crippen molar-refractivity contribution < 1.29 is 4.39 Å². The highest BCUT2D eigenvalue weighted by Crippen LogP contribution is 2.30. The fourth-order valence-corrected chi connectivity index (χ4v) is 3.53. The van der Waals surface area contributed by atoms with Gasteiger partial charge in [0.15, 0.2) is 0 Å². The minimum absolute atomic E-state index is 0. The van der Waals surface area contributed by atoms with Gasteiger partial charge in [0.2, 0.25) is 0 Å². The number of anilines is 1. The summed E-state index contributed by atoms with van der Waals surface area (Å²) in [5.41, 5.74) is 4.17. The molecule has 142 valence electrons. The number of pyridine rings is 1. The van der Waals surface area contributed by atoms with Gasteiger partial charge in [0.25, 0.3) is 0 Å². The molecule has 0 bridgehead atoms. The largest absolute Gasteiger partial charge is 0.367 e. The first-order valence-electron chi connectivity index (χ1n) is 8.91. The third-order valence-corrected chi connectivity index (χ3v) is 5.11. The average Bonchev–Trinajstić information content (AvgIpc) is 3.23. The highest BCUT2D eigenvalue weighted by Gasteiger charge is 2.24. The lowest BCUT2D eigenvalue weighted by Crippen LogP contribution is -2.47. The number of hydrogen-bond donors (Lipinski definition) is 1. The molecule has 7 heteroatoms. The summed E-state index contributed by atoms with van der Waals surface area (Å²) >= 11 is 0. The normalized spacial score (nSPS) is 16.0. The number of aromatic nitrogens is 3. The van der Waals surface area contributed by atoms with Crippen LogP contribution in [-0.4, -0.2) is 46.3 Å². The Morgan fingerprint density at radius 2 is 1.81 bits per heavy atom. The van der Waals surface area contributed by atoms with Crippen LogP contribution >= 0.6 is 12.4 Å². The number of nitrogens with one attached hydrogen (secondary N) is 1. The van der Waals surface area contributed by atoms with E-state index in [4.69, 9.17) is 0 Å². The van der Waals surface area contributed by atoms with Gasteiger partial charge >= 0.3 is 0 Å². The molecular formula is C20H23ClFN5. The standard InChI is InChI=1S/C20H22FN5.ClH/c1-15(17-13-23-24-14-17)25-9-11-26(12-10-25)19-3-2-8-22-20(19)16-4-6-18(21)7-5-16;/h2-8,13-15H,9-12H2,1H3,(H,23,24);1H. The Morgan fingerprint density at radius 3 is 2.48 bits per heavy atom. The summed E-state index contributed by atoms with van der Waals surface area (Å²) in [5.74, 6) is -0.229. The number of aromatic amines is 1. The van der Waals surface area contributed by atoms with E-state index in [1.807, 2.05) is 18.5 Å². The number of nitrogens with zero attached hydrogens (tertiary/aromatic N) is 4. The number of hydrogen-bond acceptors (Lipinski definition) is 4. The minimum atomic E-state index is -0.229. The molecule has 0 radical (unpaired) electrons. The van der Waals surface area contributed by atoms with Gasteiger partial charge in [-0.1, -0.05) is 0 Å². The minimum Gasteiger partial charge on any atom is -0.367 e. The number of H-pyrrole nitrogens is 1. The Bertz CT molecular complexity index is 845. The molecule has 4 rings (SSSR count). The summed E-state index contributed by atoms with van der Waals surface area (Å²) in [7, 11) is 0. The molecule has 1 N–H and O–H groups in total. The van der Waals surface area contributed by atoms with Crippen molar-refractivity contribution >= 4 is 18.1 Å². The SMILES string of the molecule is CC(c1cn[nH]c1)N1CCN(c2cccnc2-c2ccc(F)cc2)CC1.Cl. The number of halogens is 2. The average molecular weight is 388 g/mol. The van der Waals surface area contributed by atoms with E-state index >= 15 is 0 Å². The first kappa shape index (κ1) is 19.3. The van der Waals surface area contributed by atoms with Crippen LogP contribution in [0.5, 0.6) is 0 Å². The number of benzene rings is 1. The maximum Gasteiger partial charge on any atom is 0.123 e. The van der Waals surface area contributed by atoms with E-state index in [0.717, 1.165) is 43.1 Å². The lowest BCUT2D eigenvalue weighted by Gasteiger charge is -2.39. The highest BCUT2D eigenvalue weighted by molar-refractivity contribution is 5.85. The molecule has 0 aliphatic carbocycles. The van der Waals surface area contributed by atoms with Crippen molar-refractivity contribution in [1.82, 2.24) is 20.1 Å². The van der Waals surface area contributed by atoms with E-state index in [2.05, 4.69) is 38.0 Å². The van der Waals surface area contributed by atoms with Crippen LogP contribution in [0, 0.1) is 5.82 Å². The second-order valence-corrected chi connectivity index (χ2v) is 6.61. The van der Waals surface area contributed by atoms with Crippen LogP contribution in [0.4, 0.5) is 10.1 Å². The predicted molar refractivity (Wildman–Crippen MR) is 108 cm³/mol. The first-order chi connectivity index (χ1) is 12.7. The van der Waals surface area contributed by atoms with Gasteiger partial charge in [0, 0.05) is 55.7 Å². The summed E-state index contributed by atoms with van der Waals surface area (Å²) in [4.78, 5) is 9.39. The van der Waals surface area contributed by atoms with Gasteiger partial charge in [0.1, 0.15) is 5.82 Å². The van der Waals surface area contributed by atoms with Crippen LogP contribution < -0.4 is 4.90 Å². The lowest BCUT2D eigenvalue weighted by molar-refractivity contribution is 0.198. The van der Waals surface area contributed by atoms with E-state index in [0.29, 0.717) is 6.04 Å². The van der Waals surface area contributed by atoms with E-state index in [1.165, 1.54) is 17.7 Å². The van der Waals surface area contributed by atoms with E-state index in [9.17, 15) is 4.39 Å². The van der Waals surface area contributed by atoms with Gasteiger partial charge in [0.05, 0.1) is 17.6 Å². The van der Waals surface area contributed by atoms with Gasteiger partial charge in [-0.15, -0.1) is 12.4 Å². The van der Waals surface area contributed by atoms with Gasteiger partial charge in [-0.3, -0.25) is 15.0 Å². The quantitative estimate of drug-likeness (QED) is 0.737. The molecule has 5 nitrogen and oxygen atoms in total. The zero-order valence-corrected chi connectivity index (χ0v) is 16.0. The van der Waals surface area contributed by atoms with E-state index in [1.54, 1.807) is 18.3 Å². The molecule has 27 heavy (non-hydrogen) atoms. The molecule has 0 saturated carbocycles. The lowest BCUT2D eigenvalue weighted by atomic mass is 10.1. The monoisotopic (exact) mass is 387 g/mol. The van der Waals surface area contributed by atoms with Crippen molar-refractivity contribution in [2.75, 3.05) is 31.1 Å². The fraction of sp³-hybridized carbons (Fsp3) is 0.300. The molecule has 1 unspecified atom stereocenters. The van der Waals surface area contributed by atoms with Crippen LogP contribution in [0.1, 0.15) is 18.5 Å². The molecule has 0 amide bonds. The second kappa shape index (κ2) is 8.50. The Morgan fingerprint density at radius 1 is 1.07 bits per heavy atom. The Labute approximate surface area is 164 Å². The molecule has 1 saturated heterocycles. The maximum absolute atomic E-state index is 13.2. The van der Waals surface area contributed by atoms with E-state index in [-0.39, 0.29) is 18.2 Å². The van der Waals surface area contributed by atoms with Crippen molar-refractivity contribution in [1.29, 1.82) is 0 Å². The van der Waals surface area contributed by atoms with Gasteiger partial charge in [-0.2, -0.15) is 5.10 Å². The molecule has 0 spiro atoms. The summed E-state index contributed by atoms with van der Waals surface area (Å²) in [6.45, 7) is 6.03. The van der Waals surface area contributed by atoms with Crippen LogP contribution in [0.2, 0.25) is 0 Å². The first-order valence-corrected chi connectivity index (χ1v) is 8.91. The van der Waals surface area contributed by atoms with Crippen molar-refractivity contribution in [2.24, 2.45) is 0 Å². The molecule has 3 heterocycles.